The van der Waals surface area contributed by atoms with Crippen molar-refractivity contribution in [3.05, 3.63) is 0 Å². The lowest BCUT2D eigenvalue weighted by Gasteiger charge is -2.31. The standard InChI is InChI=1S/C7H14F2N2.C2H6/c8-7(9)1-4-11(5-2-7)6-3-10;1-2/h1-6,10H2;1-2H3. The first-order chi connectivity index (χ1) is 6.14. The van der Waals surface area contributed by atoms with Gasteiger partial charge < -0.3 is 10.6 Å². The van der Waals surface area contributed by atoms with Crippen LogP contribution < -0.4 is 5.73 Å². The van der Waals surface area contributed by atoms with E-state index in [4.69, 9.17) is 5.73 Å². The quantitative estimate of drug-likeness (QED) is 0.725. The fraction of sp³-hybridized carbons (Fsp3) is 1.00. The highest BCUT2D eigenvalue weighted by atomic mass is 19.3. The maximum absolute atomic E-state index is 12.6. The van der Waals surface area contributed by atoms with Crippen LogP contribution in [0.4, 0.5) is 8.78 Å². The molecule has 2 nitrogen and oxygen atoms in total. The van der Waals surface area contributed by atoms with E-state index in [0.29, 0.717) is 19.6 Å². The highest BCUT2D eigenvalue weighted by molar-refractivity contribution is 4.77. The lowest BCUT2D eigenvalue weighted by Crippen LogP contribution is -2.41. The van der Waals surface area contributed by atoms with E-state index in [1.165, 1.54) is 0 Å². The molecule has 2 N–H and O–H groups in total. The molecule has 0 radical (unpaired) electrons. The summed E-state index contributed by atoms with van der Waals surface area (Å²) in [5.74, 6) is -2.43. The van der Waals surface area contributed by atoms with Gasteiger partial charge in [0.25, 0.3) is 5.92 Å². The van der Waals surface area contributed by atoms with E-state index in [0.717, 1.165) is 6.54 Å². The molecule has 0 saturated carbocycles. The largest absolute Gasteiger partial charge is 0.329 e. The van der Waals surface area contributed by atoms with Crippen molar-refractivity contribution in [3.8, 4) is 0 Å². The number of hydrogen-bond acceptors (Lipinski definition) is 2. The summed E-state index contributed by atoms with van der Waals surface area (Å²) in [4.78, 5) is 1.98. The lowest BCUT2D eigenvalue weighted by atomic mass is 10.1. The smallest absolute Gasteiger partial charge is 0.250 e. The molecule has 0 aliphatic carbocycles. The Kier molecular flexibility index (Phi) is 6.16. The highest BCUT2D eigenvalue weighted by Gasteiger charge is 2.33. The number of likely N-dealkylation sites (tertiary alicyclic amines) is 1. The first-order valence-electron chi connectivity index (χ1n) is 4.94. The summed E-state index contributed by atoms with van der Waals surface area (Å²) in [5, 5.41) is 0. The van der Waals surface area contributed by atoms with Gasteiger partial charge in [-0.25, -0.2) is 8.78 Å². The molecule has 1 aliphatic rings. The molecule has 0 amide bonds. The van der Waals surface area contributed by atoms with E-state index in [1.807, 2.05) is 18.7 Å². The van der Waals surface area contributed by atoms with Crippen LogP contribution in [0.15, 0.2) is 0 Å². The minimum atomic E-state index is -2.43. The molecule has 4 heteroatoms. The van der Waals surface area contributed by atoms with Crippen molar-refractivity contribution in [1.82, 2.24) is 4.90 Å². The molecule has 0 spiro atoms. The van der Waals surface area contributed by atoms with Gasteiger partial charge in [-0.1, -0.05) is 13.8 Å². The average molecular weight is 194 g/mol. The SMILES string of the molecule is CC.NCCN1CCC(F)(F)CC1. The summed E-state index contributed by atoms with van der Waals surface area (Å²) in [6, 6.07) is 0. The zero-order valence-corrected chi connectivity index (χ0v) is 8.52. The molecule has 1 rings (SSSR count). The molecular formula is C9H20F2N2. The number of nitrogens with two attached hydrogens (primary N) is 1. The Hall–Kier alpha value is -0.220. The second-order valence-electron chi connectivity index (χ2n) is 2.99. The van der Waals surface area contributed by atoms with Crippen LogP contribution in [0.3, 0.4) is 0 Å². The highest BCUT2D eigenvalue weighted by Crippen LogP contribution is 2.27. The Morgan fingerprint density at radius 2 is 1.69 bits per heavy atom. The molecular weight excluding hydrogens is 174 g/mol. The number of alkyl halides is 2. The third-order valence-corrected chi connectivity index (χ3v) is 2.03. The summed E-state index contributed by atoms with van der Waals surface area (Å²) in [7, 11) is 0. The Balaban J connectivity index is 0.000000671. The van der Waals surface area contributed by atoms with Gasteiger partial charge >= 0.3 is 0 Å². The van der Waals surface area contributed by atoms with E-state index >= 15 is 0 Å². The lowest BCUT2D eigenvalue weighted by molar-refractivity contribution is -0.0544. The normalized spacial score (nSPS) is 21.9. The van der Waals surface area contributed by atoms with Crippen LogP contribution in [0.5, 0.6) is 0 Å². The third-order valence-electron chi connectivity index (χ3n) is 2.03. The minimum Gasteiger partial charge on any atom is -0.329 e. The van der Waals surface area contributed by atoms with Gasteiger partial charge in [0.05, 0.1) is 0 Å². The predicted octanol–water partition coefficient (Wildman–Crippen LogP) is 1.70. The van der Waals surface area contributed by atoms with Gasteiger partial charge in [0.2, 0.25) is 0 Å². The van der Waals surface area contributed by atoms with Gasteiger partial charge in [-0.05, 0) is 0 Å². The van der Waals surface area contributed by atoms with Gasteiger partial charge in [0, 0.05) is 39.0 Å². The third kappa shape index (κ3) is 5.16. The molecule has 0 aromatic carbocycles. The summed E-state index contributed by atoms with van der Waals surface area (Å²) < 4.78 is 25.1. The summed E-state index contributed by atoms with van der Waals surface area (Å²) in [5.41, 5.74) is 5.30. The number of hydrogen-bond donors (Lipinski definition) is 1. The molecule has 1 aliphatic heterocycles. The number of nitrogens with zero attached hydrogens (tertiary/aromatic N) is 1. The van der Waals surface area contributed by atoms with Crippen molar-refractivity contribution in [1.29, 1.82) is 0 Å². The fourth-order valence-corrected chi connectivity index (χ4v) is 1.29. The summed E-state index contributed by atoms with van der Waals surface area (Å²) in [6.07, 6.45) is -0.0139. The molecule has 80 valence electrons. The van der Waals surface area contributed by atoms with E-state index in [1.54, 1.807) is 0 Å². The fourth-order valence-electron chi connectivity index (χ4n) is 1.29. The van der Waals surface area contributed by atoms with Crippen LogP contribution in [0.2, 0.25) is 0 Å². The van der Waals surface area contributed by atoms with E-state index in [9.17, 15) is 8.78 Å². The van der Waals surface area contributed by atoms with Crippen molar-refractivity contribution in [2.45, 2.75) is 32.6 Å². The van der Waals surface area contributed by atoms with Crippen LogP contribution in [-0.4, -0.2) is 37.0 Å². The predicted molar refractivity (Wildman–Crippen MR) is 51.0 cm³/mol. The maximum atomic E-state index is 12.6. The molecule has 1 fully saturated rings. The molecule has 0 aromatic heterocycles. The minimum absolute atomic E-state index is 0.00694. The van der Waals surface area contributed by atoms with Gasteiger partial charge in [0.15, 0.2) is 0 Å². The van der Waals surface area contributed by atoms with Crippen molar-refractivity contribution in [3.63, 3.8) is 0 Å². The molecule has 0 atom stereocenters. The number of halogens is 2. The second-order valence-corrected chi connectivity index (χ2v) is 2.99. The summed E-state index contributed by atoms with van der Waals surface area (Å²) >= 11 is 0. The van der Waals surface area contributed by atoms with Gasteiger partial charge in [-0.2, -0.15) is 0 Å². The van der Waals surface area contributed by atoms with E-state index in [2.05, 4.69) is 0 Å². The zero-order valence-electron chi connectivity index (χ0n) is 8.52. The molecule has 0 bridgehead atoms. The first-order valence-corrected chi connectivity index (χ1v) is 4.94. The Morgan fingerprint density at radius 3 is 2.08 bits per heavy atom. The van der Waals surface area contributed by atoms with Crippen LogP contribution in [0.1, 0.15) is 26.7 Å². The zero-order chi connectivity index (χ0) is 10.3. The van der Waals surface area contributed by atoms with Gasteiger partial charge in [-0.3, -0.25) is 0 Å². The molecule has 13 heavy (non-hydrogen) atoms. The second kappa shape index (κ2) is 6.27. The van der Waals surface area contributed by atoms with Crippen molar-refractivity contribution in [2.24, 2.45) is 5.73 Å². The van der Waals surface area contributed by atoms with Crippen LogP contribution in [0, 0.1) is 0 Å². The number of rotatable bonds is 2. The molecule has 1 saturated heterocycles. The van der Waals surface area contributed by atoms with Crippen LogP contribution >= 0.6 is 0 Å². The Bertz CT molecular complexity index is 119. The topological polar surface area (TPSA) is 29.3 Å². The van der Waals surface area contributed by atoms with E-state index in [-0.39, 0.29) is 12.8 Å². The number of piperidine rings is 1. The molecule has 0 unspecified atom stereocenters. The Labute approximate surface area is 79.1 Å². The summed E-state index contributed by atoms with van der Waals surface area (Å²) in [6.45, 7) is 6.29. The first kappa shape index (κ1) is 12.8. The average Bonchev–Trinajstić information content (AvgIpc) is 2.13. The molecule has 1 heterocycles. The van der Waals surface area contributed by atoms with Crippen LogP contribution in [0.25, 0.3) is 0 Å². The van der Waals surface area contributed by atoms with Crippen molar-refractivity contribution < 1.29 is 8.78 Å². The van der Waals surface area contributed by atoms with E-state index < -0.39 is 5.92 Å². The van der Waals surface area contributed by atoms with Crippen molar-refractivity contribution in [2.75, 3.05) is 26.2 Å². The van der Waals surface area contributed by atoms with Gasteiger partial charge in [-0.15, -0.1) is 0 Å². The monoisotopic (exact) mass is 194 g/mol. The van der Waals surface area contributed by atoms with Crippen molar-refractivity contribution >= 4 is 0 Å². The Morgan fingerprint density at radius 1 is 1.23 bits per heavy atom. The maximum Gasteiger partial charge on any atom is 0.250 e. The van der Waals surface area contributed by atoms with Gasteiger partial charge in [0.1, 0.15) is 0 Å². The molecule has 0 aromatic rings. The van der Waals surface area contributed by atoms with Crippen LogP contribution in [-0.2, 0) is 0 Å².